The monoisotopic (exact) mass is 353 g/mol. The molecule has 0 aliphatic carbocycles. The summed E-state index contributed by atoms with van der Waals surface area (Å²) < 4.78 is 5.28. The number of nitrogens with zero attached hydrogens (tertiary/aromatic N) is 3. The lowest BCUT2D eigenvalue weighted by Gasteiger charge is -2.30. The normalized spacial score (nSPS) is 23.0. The first-order chi connectivity index (χ1) is 12.6. The average Bonchev–Trinajstić information content (AvgIpc) is 3.23. The molecule has 6 heteroatoms. The average molecular weight is 353 g/mol. The van der Waals surface area contributed by atoms with Crippen LogP contribution in [0.3, 0.4) is 0 Å². The van der Waals surface area contributed by atoms with E-state index in [4.69, 9.17) is 4.42 Å². The number of benzene rings is 1. The molecule has 0 bridgehead atoms. The van der Waals surface area contributed by atoms with Crippen molar-refractivity contribution in [3.63, 3.8) is 0 Å². The van der Waals surface area contributed by atoms with Crippen LogP contribution in [-0.4, -0.2) is 45.7 Å². The van der Waals surface area contributed by atoms with Crippen molar-refractivity contribution in [2.75, 3.05) is 13.1 Å². The third kappa shape index (κ3) is 3.11. The van der Waals surface area contributed by atoms with Gasteiger partial charge in [-0.25, -0.2) is 4.98 Å². The molecule has 2 fully saturated rings. The third-order valence-electron chi connectivity index (χ3n) is 5.52. The topological polar surface area (TPSA) is 66.7 Å². The summed E-state index contributed by atoms with van der Waals surface area (Å²) in [6.45, 7) is 3.60. The predicted octanol–water partition coefficient (Wildman–Crippen LogP) is 2.64. The number of carbonyl (C=O) groups is 2. The minimum absolute atomic E-state index is 0.0670. The van der Waals surface area contributed by atoms with Crippen LogP contribution in [0.5, 0.6) is 0 Å². The van der Waals surface area contributed by atoms with Crippen molar-refractivity contribution < 1.29 is 14.0 Å². The molecule has 2 aliphatic rings. The second kappa shape index (κ2) is 6.94. The molecular formula is C20H23N3O3. The molecule has 3 heterocycles. The molecule has 136 valence electrons. The summed E-state index contributed by atoms with van der Waals surface area (Å²) in [5, 5.41) is 0. The number of aromatic nitrogens is 1. The molecule has 2 aliphatic heterocycles. The van der Waals surface area contributed by atoms with Crippen LogP contribution in [0.2, 0.25) is 0 Å². The van der Waals surface area contributed by atoms with Gasteiger partial charge in [-0.1, -0.05) is 30.3 Å². The first-order valence-corrected chi connectivity index (χ1v) is 9.16. The minimum Gasteiger partial charge on any atom is -0.438 e. The summed E-state index contributed by atoms with van der Waals surface area (Å²) >= 11 is 0. The summed E-state index contributed by atoms with van der Waals surface area (Å²) in [6, 6.07) is 10.1. The zero-order valence-electron chi connectivity index (χ0n) is 14.9. The van der Waals surface area contributed by atoms with E-state index < -0.39 is 0 Å². The van der Waals surface area contributed by atoms with Gasteiger partial charge in [0.2, 0.25) is 11.7 Å². The second-order valence-corrected chi connectivity index (χ2v) is 7.20. The van der Waals surface area contributed by atoms with E-state index in [0.29, 0.717) is 43.4 Å². The summed E-state index contributed by atoms with van der Waals surface area (Å²) in [6.07, 6.45) is 3.76. The number of aryl methyl sites for hydroxylation is 1. The van der Waals surface area contributed by atoms with Crippen molar-refractivity contribution >= 4 is 11.8 Å². The lowest BCUT2D eigenvalue weighted by atomic mass is 9.98. The molecule has 1 aromatic heterocycles. The Hall–Kier alpha value is -2.63. The fourth-order valence-electron chi connectivity index (χ4n) is 4.14. The number of oxazole rings is 1. The summed E-state index contributed by atoms with van der Waals surface area (Å²) in [5.41, 5.74) is 1.73. The van der Waals surface area contributed by atoms with Gasteiger partial charge in [0, 0.05) is 26.1 Å². The molecule has 0 N–H and O–H groups in total. The van der Waals surface area contributed by atoms with Crippen LogP contribution in [0.15, 0.2) is 41.1 Å². The van der Waals surface area contributed by atoms with E-state index in [9.17, 15) is 9.59 Å². The molecule has 2 saturated heterocycles. The number of hydrogen-bond donors (Lipinski definition) is 0. The number of amides is 2. The van der Waals surface area contributed by atoms with Crippen LogP contribution in [0, 0.1) is 12.8 Å². The van der Waals surface area contributed by atoms with Crippen molar-refractivity contribution in [3.8, 4) is 0 Å². The Kier molecular flexibility index (Phi) is 4.49. The van der Waals surface area contributed by atoms with E-state index in [1.807, 2.05) is 40.1 Å². The molecular weight excluding hydrogens is 330 g/mol. The highest BCUT2D eigenvalue weighted by atomic mass is 16.3. The van der Waals surface area contributed by atoms with E-state index in [1.165, 1.54) is 6.39 Å². The Morgan fingerprint density at radius 1 is 1.27 bits per heavy atom. The number of rotatable bonds is 3. The molecule has 0 spiro atoms. The Labute approximate surface area is 152 Å². The van der Waals surface area contributed by atoms with Gasteiger partial charge in [-0.15, -0.1) is 0 Å². The molecule has 4 rings (SSSR count). The highest BCUT2D eigenvalue weighted by molar-refractivity contribution is 5.92. The van der Waals surface area contributed by atoms with Crippen molar-refractivity contribution in [3.05, 3.63) is 53.7 Å². The molecule has 26 heavy (non-hydrogen) atoms. The van der Waals surface area contributed by atoms with E-state index in [2.05, 4.69) is 4.98 Å². The van der Waals surface area contributed by atoms with Crippen LogP contribution in [-0.2, 0) is 11.3 Å². The molecule has 2 aromatic rings. The Balaban J connectivity index is 1.55. The maximum Gasteiger partial charge on any atom is 0.291 e. The van der Waals surface area contributed by atoms with Crippen LogP contribution in [0.4, 0.5) is 0 Å². The largest absolute Gasteiger partial charge is 0.438 e. The van der Waals surface area contributed by atoms with Crippen molar-refractivity contribution in [1.82, 2.24) is 14.8 Å². The zero-order chi connectivity index (χ0) is 18.1. The maximum atomic E-state index is 12.8. The van der Waals surface area contributed by atoms with E-state index in [-0.39, 0.29) is 17.9 Å². The van der Waals surface area contributed by atoms with Crippen molar-refractivity contribution in [2.24, 2.45) is 5.92 Å². The molecule has 0 saturated carbocycles. The van der Waals surface area contributed by atoms with Gasteiger partial charge in [0.15, 0.2) is 6.39 Å². The number of hydrogen-bond acceptors (Lipinski definition) is 4. The first-order valence-electron chi connectivity index (χ1n) is 9.16. The van der Waals surface area contributed by atoms with Crippen LogP contribution in [0.1, 0.15) is 41.1 Å². The smallest absolute Gasteiger partial charge is 0.291 e. The van der Waals surface area contributed by atoms with Gasteiger partial charge >= 0.3 is 0 Å². The molecule has 0 unspecified atom stereocenters. The standard InChI is InChI=1S/C20H23N3O3/c1-14-19(26-13-21-14)20(25)22-11-16-8-5-9-18(24)23(17(16)12-22)10-15-6-3-2-4-7-15/h2-4,6-7,13,16-17H,5,8-12H2,1H3/t16-,17+/m1/s1. The molecule has 6 nitrogen and oxygen atoms in total. The van der Waals surface area contributed by atoms with Gasteiger partial charge in [0.05, 0.1) is 11.7 Å². The van der Waals surface area contributed by atoms with Gasteiger partial charge in [0.1, 0.15) is 0 Å². The maximum absolute atomic E-state index is 12.8. The molecule has 2 atom stereocenters. The van der Waals surface area contributed by atoms with Crippen LogP contribution in [0.25, 0.3) is 0 Å². The fraction of sp³-hybridized carbons (Fsp3) is 0.450. The Morgan fingerprint density at radius 2 is 2.08 bits per heavy atom. The summed E-state index contributed by atoms with van der Waals surface area (Å²) in [7, 11) is 0. The highest BCUT2D eigenvalue weighted by Gasteiger charge is 2.42. The van der Waals surface area contributed by atoms with Gasteiger partial charge < -0.3 is 14.2 Å². The lowest BCUT2D eigenvalue weighted by Crippen LogP contribution is -2.43. The zero-order valence-corrected chi connectivity index (χ0v) is 14.9. The van der Waals surface area contributed by atoms with Gasteiger partial charge in [-0.3, -0.25) is 9.59 Å². The third-order valence-corrected chi connectivity index (χ3v) is 5.52. The van der Waals surface area contributed by atoms with Crippen molar-refractivity contribution in [1.29, 1.82) is 0 Å². The lowest BCUT2D eigenvalue weighted by molar-refractivity contribution is -0.133. The van der Waals surface area contributed by atoms with Gasteiger partial charge in [-0.05, 0) is 31.2 Å². The van der Waals surface area contributed by atoms with Crippen molar-refractivity contribution in [2.45, 2.75) is 38.8 Å². The SMILES string of the molecule is Cc1ncoc1C(=O)N1C[C@H]2CCCC(=O)N(Cc3ccccc3)[C@H]2C1. The van der Waals surface area contributed by atoms with E-state index >= 15 is 0 Å². The Morgan fingerprint density at radius 3 is 2.81 bits per heavy atom. The fourth-order valence-corrected chi connectivity index (χ4v) is 4.14. The van der Waals surface area contributed by atoms with E-state index in [0.717, 1.165) is 18.4 Å². The van der Waals surface area contributed by atoms with Gasteiger partial charge in [-0.2, -0.15) is 0 Å². The molecule has 0 radical (unpaired) electrons. The van der Waals surface area contributed by atoms with Crippen LogP contribution < -0.4 is 0 Å². The molecule has 2 amide bonds. The predicted molar refractivity (Wildman–Crippen MR) is 95.3 cm³/mol. The van der Waals surface area contributed by atoms with E-state index in [1.54, 1.807) is 6.92 Å². The quantitative estimate of drug-likeness (QED) is 0.851. The highest BCUT2D eigenvalue weighted by Crippen LogP contribution is 2.32. The summed E-state index contributed by atoms with van der Waals surface area (Å²) in [5.74, 6) is 0.686. The Bertz CT molecular complexity index is 802. The number of fused-ring (bicyclic) bond motifs is 1. The first kappa shape index (κ1) is 16.8. The van der Waals surface area contributed by atoms with Crippen LogP contribution >= 0.6 is 0 Å². The summed E-state index contributed by atoms with van der Waals surface area (Å²) in [4.78, 5) is 33.3. The van der Waals surface area contributed by atoms with Gasteiger partial charge in [0.25, 0.3) is 5.91 Å². The minimum atomic E-state index is -0.125. The number of likely N-dealkylation sites (tertiary alicyclic amines) is 2. The second-order valence-electron chi connectivity index (χ2n) is 7.20. The number of carbonyl (C=O) groups excluding carboxylic acids is 2. The molecule has 1 aromatic carbocycles.